The first kappa shape index (κ1) is 20.9. The van der Waals surface area contributed by atoms with Crippen molar-refractivity contribution in [1.29, 1.82) is 0 Å². The molecule has 1 amide bonds. The number of rotatable bonds is 7. The number of hydrogen-bond donors (Lipinski definition) is 3. The molecule has 1 heterocycles. The molecule has 2 aliphatic rings. The van der Waals surface area contributed by atoms with Crippen molar-refractivity contribution in [3.63, 3.8) is 0 Å². The Labute approximate surface area is 167 Å². The van der Waals surface area contributed by atoms with Gasteiger partial charge in [0, 0.05) is 25.0 Å². The predicted octanol–water partition coefficient (Wildman–Crippen LogP) is 2.99. The lowest BCUT2D eigenvalue weighted by Gasteiger charge is -2.52. The number of nitrogens with zero attached hydrogens (tertiary/aromatic N) is 1. The molecule has 1 aliphatic carbocycles. The molecule has 1 aliphatic heterocycles. The molecule has 0 aromatic heterocycles. The highest BCUT2D eigenvalue weighted by Crippen LogP contribution is 2.49. The number of fused-ring (bicyclic) bond motifs is 1. The van der Waals surface area contributed by atoms with E-state index in [4.69, 9.17) is 4.74 Å². The predicted molar refractivity (Wildman–Crippen MR) is 108 cm³/mol. The Hall–Kier alpha value is -1.79. The lowest BCUT2D eigenvalue weighted by Crippen LogP contribution is -2.56. The molecule has 1 aromatic rings. The molecule has 0 bridgehead atoms. The average molecular weight is 391 g/mol. The summed E-state index contributed by atoms with van der Waals surface area (Å²) in [5, 5.41) is 24.3. The minimum absolute atomic E-state index is 0.0328. The summed E-state index contributed by atoms with van der Waals surface area (Å²) in [5.74, 6) is 0.637. The number of nitrogens with one attached hydrogen (secondary N) is 1. The maximum atomic E-state index is 12.5. The molecule has 3 N–H and O–H groups in total. The van der Waals surface area contributed by atoms with Crippen LogP contribution in [0, 0.1) is 5.92 Å². The number of hydrogen-bond acceptors (Lipinski definition) is 5. The summed E-state index contributed by atoms with van der Waals surface area (Å²) in [6.45, 7) is 3.81. The van der Waals surface area contributed by atoms with Gasteiger partial charge in [0.2, 0.25) is 5.91 Å². The number of phenols is 1. The lowest BCUT2D eigenvalue weighted by molar-refractivity contribution is -0.137. The van der Waals surface area contributed by atoms with Gasteiger partial charge in [-0.15, -0.1) is 0 Å². The number of benzene rings is 1. The zero-order valence-electron chi connectivity index (χ0n) is 17.1. The first-order valence-electron chi connectivity index (χ1n) is 10.6. The summed E-state index contributed by atoms with van der Waals surface area (Å²) in [6, 6.07) is 5.32. The second-order valence-corrected chi connectivity index (χ2v) is 8.26. The number of methoxy groups -OCH3 is 1. The summed E-state index contributed by atoms with van der Waals surface area (Å²) < 4.78 is 5.31. The number of amides is 1. The molecule has 2 fully saturated rings. The maximum Gasteiger partial charge on any atom is 0.234 e. The van der Waals surface area contributed by atoms with Gasteiger partial charge >= 0.3 is 0 Å². The van der Waals surface area contributed by atoms with E-state index >= 15 is 0 Å². The minimum atomic E-state index is -0.677. The van der Waals surface area contributed by atoms with Crippen molar-refractivity contribution >= 4 is 5.91 Å². The third-order valence-corrected chi connectivity index (χ3v) is 6.42. The number of unbranched alkanes of at least 4 members (excludes halogenated alkanes) is 1. The number of carbonyl (C=O) groups is 1. The number of likely N-dealkylation sites (tertiary alicyclic amines) is 1. The van der Waals surface area contributed by atoms with E-state index < -0.39 is 5.60 Å². The van der Waals surface area contributed by atoms with E-state index in [1.165, 1.54) is 7.11 Å². The summed E-state index contributed by atoms with van der Waals surface area (Å²) in [4.78, 5) is 14.7. The maximum absolute atomic E-state index is 12.5. The van der Waals surface area contributed by atoms with Crippen LogP contribution >= 0.6 is 0 Å². The molecule has 3 unspecified atom stereocenters. The largest absolute Gasteiger partial charge is 0.504 e. The van der Waals surface area contributed by atoms with Crippen molar-refractivity contribution in [2.45, 2.75) is 63.5 Å². The molecule has 3 atom stereocenters. The van der Waals surface area contributed by atoms with Gasteiger partial charge in [0.1, 0.15) is 0 Å². The molecule has 0 spiro atoms. The van der Waals surface area contributed by atoms with E-state index in [1.807, 2.05) is 12.1 Å². The molecular weight excluding hydrogens is 356 g/mol. The molecule has 1 saturated heterocycles. The number of aliphatic hydroxyl groups is 1. The SMILES string of the molecule is CCCCNC(=O)CN1CCC2(O)CCCCC2C1c1ccc(O)c(OC)c1. The Morgan fingerprint density at radius 2 is 2.18 bits per heavy atom. The fraction of sp³-hybridized carbons (Fsp3) is 0.682. The molecular formula is C22H34N2O4. The van der Waals surface area contributed by atoms with Crippen molar-refractivity contribution in [2.75, 3.05) is 26.7 Å². The average Bonchev–Trinajstić information content (AvgIpc) is 2.69. The van der Waals surface area contributed by atoms with E-state index in [2.05, 4.69) is 17.1 Å². The lowest BCUT2D eigenvalue weighted by atomic mass is 9.66. The van der Waals surface area contributed by atoms with Gasteiger partial charge in [-0.05, 0) is 43.4 Å². The fourth-order valence-electron chi connectivity index (χ4n) is 4.89. The fourth-order valence-corrected chi connectivity index (χ4v) is 4.89. The van der Waals surface area contributed by atoms with Crippen LogP contribution < -0.4 is 10.1 Å². The monoisotopic (exact) mass is 390 g/mol. The summed E-state index contributed by atoms with van der Waals surface area (Å²) in [6.07, 6.45) is 6.64. The molecule has 1 aromatic carbocycles. The third kappa shape index (κ3) is 4.44. The van der Waals surface area contributed by atoms with Gasteiger partial charge in [0.05, 0.1) is 19.3 Å². The van der Waals surface area contributed by atoms with Gasteiger partial charge in [-0.25, -0.2) is 0 Å². The van der Waals surface area contributed by atoms with Crippen LogP contribution in [-0.4, -0.2) is 53.4 Å². The van der Waals surface area contributed by atoms with Crippen molar-refractivity contribution < 1.29 is 19.7 Å². The van der Waals surface area contributed by atoms with Crippen LogP contribution in [0.3, 0.4) is 0 Å². The van der Waals surface area contributed by atoms with Crippen LogP contribution in [0.2, 0.25) is 0 Å². The summed E-state index contributed by atoms with van der Waals surface area (Å²) in [7, 11) is 1.54. The van der Waals surface area contributed by atoms with Crippen LogP contribution in [-0.2, 0) is 4.79 Å². The van der Waals surface area contributed by atoms with Gasteiger partial charge in [0.15, 0.2) is 11.5 Å². The highest BCUT2D eigenvalue weighted by atomic mass is 16.5. The summed E-state index contributed by atoms with van der Waals surface area (Å²) >= 11 is 0. The molecule has 156 valence electrons. The Bertz CT molecular complexity index is 681. The second-order valence-electron chi connectivity index (χ2n) is 8.26. The Kier molecular flexibility index (Phi) is 6.83. The molecule has 28 heavy (non-hydrogen) atoms. The van der Waals surface area contributed by atoms with E-state index in [-0.39, 0.29) is 23.6 Å². The standard InChI is InChI=1S/C22H34N2O4/c1-3-4-12-23-20(26)15-24-13-11-22(27)10-6-5-7-17(22)21(24)16-8-9-18(25)19(14-16)28-2/h8-9,14,17,21,25,27H,3-7,10-13,15H2,1-2H3,(H,23,26). The second kappa shape index (κ2) is 9.14. The van der Waals surface area contributed by atoms with Crippen molar-refractivity contribution in [3.05, 3.63) is 23.8 Å². The van der Waals surface area contributed by atoms with E-state index in [0.29, 0.717) is 31.8 Å². The Balaban J connectivity index is 1.86. The molecule has 0 radical (unpaired) electrons. The minimum Gasteiger partial charge on any atom is -0.504 e. The van der Waals surface area contributed by atoms with Crippen molar-refractivity contribution in [3.8, 4) is 11.5 Å². The number of carbonyl (C=O) groups excluding carboxylic acids is 1. The Morgan fingerprint density at radius 3 is 2.93 bits per heavy atom. The van der Waals surface area contributed by atoms with Crippen LogP contribution in [0.5, 0.6) is 11.5 Å². The quantitative estimate of drug-likeness (QED) is 0.624. The highest BCUT2D eigenvalue weighted by molar-refractivity contribution is 5.78. The van der Waals surface area contributed by atoms with Gasteiger partial charge < -0.3 is 20.3 Å². The number of piperidine rings is 1. The molecule has 3 rings (SSSR count). The van der Waals surface area contributed by atoms with Crippen LogP contribution in [0.25, 0.3) is 0 Å². The van der Waals surface area contributed by atoms with Crippen molar-refractivity contribution in [2.24, 2.45) is 5.92 Å². The molecule has 6 nitrogen and oxygen atoms in total. The normalized spacial score (nSPS) is 27.8. The smallest absolute Gasteiger partial charge is 0.234 e. The van der Waals surface area contributed by atoms with Crippen molar-refractivity contribution in [1.82, 2.24) is 10.2 Å². The number of aromatic hydroxyl groups is 1. The molecule has 6 heteroatoms. The summed E-state index contributed by atoms with van der Waals surface area (Å²) in [5.41, 5.74) is 0.310. The highest BCUT2D eigenvalue weighted by Gasteiger charge is 2.49. The van der Waals surface area contributed by atoms with E-state index in [9.17, 15) is 15.0 Å². The first-order valence-corrected chi connectivity index (χ1v) is 10.6. The van der Waals surface area contributed by atoms with Crippen LogP contribution in [0.15, 0.2) is 18.2 Å². The van der Waals surface area contributed by atoms with E-state index in [1.54, 1.807) is 6.07 Å². The first-order chi connectivity index (χ1) is 13.5. The topological polar surface area (TPSA) is 82.0 Å². The van der Waals surface area contributed by atoms with Crippen LogP contribution in [0.1, 0.15) is 63.5 Å². The Morgan fingerprint density at radius 1 is 1.36 bits per heavy atom. The number of phenolic OH excluding ortho intramolecular Hbond substituents is 1. The van der Waals surface area contributed by atoms with Gasteiger partial charge in [-0.1, -0.05) is 32.3 Å². The number of ether oxygens (including phenoxy) is 1. The zero-order chi connectivity index (χ0) is 20.1. The zero-order valence-corrected chi connectivity index (χ0v) is 17.1. The molecule has 1 saturated carbocycles. The van der Waals surface area contributed by atoms with Gasteiger partial charge in [-0.3, -0.25) is 9.69 Å². The van der Waals surface area contributed by atoms with Gasteiger partial charge in [0.25, 0.3) is 0 Å². The van der Waals surface area contributed by atoms with E-state index in [0.717, 1.165) is 44.1 Å². The third-order valence-electron chi connectivity index (χ3n) is 6.42. The van der Waals surface area contributed by atoms with Gasteiger partial charge in [-0.2, -0.15) is 0 Å². The van der Waals surface area contributed by atoms with Crippen LogP contribution in [0.4, 0.5) is 0 Å².